The number of hydrogen-bond donors (Lipinski definition) is 2. The second kappa shape index (κ2) is 8.27. The van der Waals surface area contributed by atoms with Crippen LogP contribution in [0.25, 0.3) is 0 Å². The Kier molecular flexibility index (Phi) is 5.72. The Bertz CT molecular complexity index is 892. The number of nitrogens with one attached hydrogen (secondary N) is 2. The molecule has 1 aromatic rings. The molecule has 3 heterocycles. The molecule has 11 heteroatoms. The van der Waals surface area contributed by atoms with Gasteiger partial charge in [0.25, 0.3) is 10.2 Å². The van der Waals surface area contributed by atoms with Crippen molar-refractivity contribution in [1.82, 2.24) is 13.5 Å². The molecule has 3 aliphatic rings. The number of rotatable bonds is 3. The van der Waals surface area contributed by atoms with Crippen molar-refractivity contribution in [3.8, 4) is 0 Å². The van der Waals surface area contributed by atoms with Crippen LogP contribution >= 0.6 is 0 Å². The SMILES string of the molecule is O=C1CCc2cc(NC(=O)N3CCN(S(=O)(=O)N4CCOCC4)CC3)ccc2N1. The number of morpholine rings is 1. The lowest BCUT2D eigenvalue weighted by molar-refractivity contribution is -0.116. The topological polar surface area (TPSA) is 111 Å². The second-order valence-electron chi connectivity index (χ2n) is 7.26. The van der Waals surface area contributed by atoms with Gasteiger partial charge in [0, 0.05) is 57.1 Å². The Balaban J connectivity index is 1.33. The molecule has 10 nitrogen and oxygen atoms in total. The van der Waals surface area contributed by atoms with Gasteiger partial charge in [-0.15, -0.1) is 0 Å². The van der Waals surface area contributed by atoms with E-state index in [4.69, 9.17) is 4.74 Å². The molecular formula is C18H25N5O5S. The monoisotopic (exact) mass is 423 g/mol. The summed E-state index contributed by atoms with van der Waals surface area (Å²) < 4.78 is 33.5. The maximum absolute atomic E-state index is 12.7. The average molecular weight is 423 g/mol. The highest BCUT2D eigenvalue weighted by atomic mass is 32.2. The minimum Gasteiger partial charge on any atom is -0.379 e. The summed E-state index contributed by atoms with van der Waals surface area (Å²) in [5.74, 6) is -0.000752. The zero-order valence-corrected chi connectivity index (χ0v) is 16.9. The largest absolute Gasteiger partial charge is 0.379 e. The Labute approximate surface area is 170 Å². The van der Waals surface area contributed by atoms with Gasteiger partial charge in [-0.25, -0.2) is 4.79 Å². The van der Waals surface area contributed by atoms with Crippen LogP contribution in [-0.4, -0.2) is 86.3 Å². The van der Waals surface area contributed by atoms with Crippen molar-refractivity contribution in [3.63, 3.8) is 0 Å². The van der Waals surface area contributed by atoms with Crippen molar-refractivity contribution < 1.29 is 22.7 Å². The number of urea groups is 1. The third-order valence-electron chi connectivity index (χ3n) is 5.40. The summed E-state index contributed by atoms with van der Waals surface area (Å²) in [5.41, 5.74) is 2.43. The first-order valence-electron chi connectivity index (χ1n) is 9.75. The third kappa shape index (κ3) is 4.37. The zero-order valence-electron chi connectivity index (χ0n) is 16.1. The summed E-state index contributed by atoms with van der Waals surface area (Å²) in [6.45, 7) is 2.74. The molecule has 0 atom stereocenters. The van der Waals surface area contributed by atoms with Gasteiger partial charge < -0.3 is 20.3 Å². The van der Waals surface area contributed by atoms with E-state index >= 15 is 0 Å². The zero-order chi connectivity index (χ0) is 20.4. The lowest BCUT2D eigenvalue weighted by atomic mass is 10.0. The van der Waals surface area contributed by atoms with Crippen molar-refractivity contribution in [3.05, 3.63) is 23.8 Å². The minimum atomic E-state index is -3.51. The molecule has 2 fully saturated rings. The van der Waals surface area contributed by atoms with E-state index in [0.717, 1.165) is 11.3 Å². The Hall–Kier alpha value is -2.21. The fourth-order valence-electron chi connectivity index (χ4n) is 3.73. The van der Waals surface area contributed by atoms with Crippen LogP contribution in [0.15, 0.2) is 18.2 Å². The summed E-state index contributed by atoms with van der Waals surface area (Å²) in [7, 11) is -3.51. The summed E-state index contributed by atoms with van der Waals surface area (Å²) in [5, 5.41) is 5.68. The highest BCUT2D eigenvalue weighted by Gasteiger charge is 2.34. The normalized spacial score (nSPS) is 21.4. The molecule has 0 spiro atoms. The van der Waals surface area contributed by atoms with E-state index in [1.165, 1.54) is 8.61 Å². The molecule has 0 saturated carbocycles. The Morgan fingerprint density at radius 2 is 1.69 bits per heavy atom. The first-order chi connectivity index (χ1) is 13.9. The molecule has 0 unspecified atom stereocenters. The summed E-state index contributed by atoms with van der Waals surface area (Å²) >= 11 is 0. The van der Waals surface area contributed by atoms with E-state index in [2.05, 4.69) is 10.6 Å². The van der Waals surface area contributed by atoms with Gasteiger partial charge >= 0.3 is 6.03 Å². The number of amides is 3. The molecule has 0 bridgehead atoms. The first kappa shape index (κ1) is 20.1. The summed E-state index contributed by atoms with van der Waals surface area (Å²) in [6, 6.07) is 5.15. The summed E-state index contributed by atoms with van der Waals surface area (Å²) in [6.07, 6.45) is 1.08. The third-order valence-corrected chi connectivity index (χ3v) is 7.44. The van der Waals surface area contributed by atoms with Crippen molar-refractivity contribution in [2.75, 3.05) is 63.1 Å². The predicted molar refractivity (Wildman–Crippen MR) is 107 cm³/mol. The molecule has 3 aliphatic heterocycles. The van der Waals surface area contributed by atoms with Crippen LogP contribution in [0.1, 0.15) is 12.0 Å². The standard InChI is InChI=1S/C18H25N5O5S/c24-17-4-1-14-13-15(2-3-16(14)20-17)19-18(25)21-5-7-22(8-6-21)29(26,27)23-9-11-28-12-10-23/h2-3,13H,1,4-12H2,(H,19,25)(H,20,24). The maximum atomic E-state index is 12.7. The number of benzene rings is 1. The van der Waals surface area contributed by atoms with Gasteiger partial charge in [0.1, 0.15) is 0 Å². The number of anilines is 2. The molecule has 2 saturated heterocycles. The van der Waals surface area contributed by atoms with E-state index in [1.54, 1.807) is 17.0 Å². The molecule has 0 aliphatic carbocycles. The van der Waals surface area contributed by atoms with Crippen LogP contribution in [0.5, 0.6) is 0 Å². The summed E-state index contributed by atoms with van der Waals surface area (Å²) in [4.78, 5) is 25.7. The molecule has 3 amide bonds. The van der Waals surface area contributed by atoms with Gasteiger partial charge in [-0.3, -0.25) is 4.79 Å². The van der Waals surface area contributed by atoms with E-state index in [-0.39, 0.29) is 25.0 Å². The van der Waals surface area contributed by atoms with Crippen molar-refractivity contribution in [1.29, 1.82) is 0 Å². The predicted octanol–water partition coefficient (Wildman–Crippen LogP) is 0.298. The number of nitrogens with zero attached hydrogens (tertiary/aromatic N) is 3. The highest BCUT2D eigenvalue weighted by molar-refractivity contribution is 7.86. The van der Waals surface area contributed by atoms with Crippen molar-refractivity contribution in [2.24, 2.45) is 0 Å². The van der Waals surface area contributed by atoms with Gasteiger partial charge in [0.15, 0.2) is 0 Å². The minimum absolute atomic E-state index is 0.000752. The highest BCUT2D eigenvalue weighted by Crippen LogP contribution is 2.26. The number of hydrogen-bond acceptors (Lipinski definition) is 5. The van der Waals surface area contributed by atoms with Gasteiger partial charge in [0.2, 0.25) is 5.91 Å². The lowest BCUT2D eigenvalue weighted by Gasteiger charge is -2.37. The Morgan fingerprint density at radius 1 is 1.00 bits per heavy atom. The van der Waals surface area contributed by atoms with Crippen LogP contribution in [0.4, 0.5) is 16.2 Å². The van der Waals surface area contributed by atoms with E-state index < -0.39 is 10.2 Å². The van der Waals surface area contributed by atoms with Crippen molar-refractivity contribution >= 4 is 33.5 Å². The Morgan fingerprint density at radius 3 is 2.41 bits per heavy atom. The fraction of sp³-hybridized carbons (Fsp3) is 0.556. The molecular weight excluding hydrogens is 398 g/mol. The number of ether oxygens (including phenoxy) is 1. The number of piperazine rings is 1. The van der Waals surface area contributed by atoms with Crippen LogP contribution < -0.4 is 10.6 Å². The molecule has 0 aromatic heterocycles. The van der Waals surface area contributed by atoms with E-state index in [9.17, 15) is 18.0 Å². The number of aryl methyl sites for hydroxylation is 1. The van der Waals surface area contributed by atoms with Gasteiger partial charge in [-0.1, -0.05) is 0 Å². The maximum Gasteiger partial charge on any atom is 0.321 e. The molecule has 4 rings (SSSR count). The smallest absolute Gasteiger partial charge is 0.321 e. The van der Waals surface area contributed by atoms with E-state index in [1.807, 2.05) is 6.07 Å². The first-order valence-corrected chi connectivity index (χ1v) is 11.1. The average Bonchev–Trinajstić information content (AvgIpc) is 2.74. The molecule has 158 valence electrons. The van der Waals surface area contributed by atoms with Gasteiger partial charge in [-0.05, 0) is 30.2 Å². The van der Waals surface area contributed by atoms with Gasteiger partial charge in [-0.2, -0.15) is 17.0 Å². The quantitative estimate of drug-likeness (QED) is 0.726. The fourth-order valence-corrected chi connectivity index (χ4v) is 5.29. The molecule has 1 aromatic carbocycles. The van der Waals surface area contributed by atoms with Gasteiger partial charge in [0.05, 0.1) is 13.2 Å². The van der Waals surface area contributed by atoms with Crippen LogP contribution in [0.3, 0.4) is 0 Å². The molecule has 0 radical (unpaired) electrons. The van der Waals surface area contributed by atoms with Crippen LogP contribution in [0.2, 0.25) is 0 Å². The van der Waals surface area contributed by atoms with E-state index in [0.29, 0.717) is 57.9 Å². The lowest BCUT2D eigenvalue weighted by Crippen LogP contribution is -2.56. The van der Waals surface area contributed by atoms with Crippen LogP contribution in [0, 0.1) is 0 Å². The molecule has 2 N–H and O–H groups in total. The van der Waals surface area contributed by atoms with Crippen molar-refractivity contribution in [2.45, 2.75) is 12.8 Å². The number of fused-ring (bicyclic) bond motifs is 1. The number of carbonyl (C=O) groups is 2. The molecule has 29 heavy (non-hydrogen) atoms. The second-order valence-corrected chi connectivity index (χ2v) is 9.18. The van der Waals surface area contributed by atoms with Crippen LogP contribution in [-0.2, 0) is 26.2 Å². The number of carbonyl (C=O) groups excluding carboxylic acids is 2.